The number of halogens is 1. The zero-order chi connectivity index (χ0) is 26.9. The average Bonchev–Trinajstić information content (AvgIpc) is 3.51. The van der Waals surface area contributed by atoms with Gasteiger partial charge in [-0.25, -0.2) is 24.5 Å². The third-order valence-corrected chi connectivity index (χ3v) is 6.91. The van der Waals surface area contributed by atoms with E-state index < -0.39 is 17.5 Å². The monoisotopic (exact) mass is 524 g/mol. The molecule has 0 radical (unpaired) electrons. The van der Waals surface area contributed by atoms with Crippen LogP contribution in [0.1, 0.15) is 56.0 Å². The first-order chi connectivity index (χ1) is 18.2. The number of amides is 1. The van der Waals surface area contributed by atoms with Crippen molar-refractivity contribution in [2.24, 2.45) is 0 Å². The maximum atomic E-state index is 13.2. The molecular formula is C26H33FN8O3. The van der Waals surface area contributed by atoms with Crippen LogP contribution < -0.4 is 21.5 Å². The van der Waals surface area contributed by atoms with Gasteiger partial charge >= 0.3 is 0 Å². The molecule has 2 aliphatic rings. The second-order valence-corrected chi connectivity index (χ2v) is 10.2. The molecule has 0 bridgehead atoms. The number of pyridine rings is 2. The Labute approximate surface area is 220 Å². The quantitative estimate of drug-likeness (QED) is 0.314. The molecule has 0 saturated carbocycles. The number of nitrogens with one attached hydrogen (secondary N) is 4. The molecule has 5 heterocycles. The first-order valence-electron chi connectivity index (χ1n) is 12.8. The number of anilines is 1. The first-order valence-corrected chi connectivity index (χ1v) is 12.8. The van der Waals surface area contributed by atoms with Gasteiger partial charge in [0.25, 0.3) is 0 Å². The third-order valence-electron chi connectivity index (χ3n) is 6.91. The van der Waals surface area contributed by atoms with Crippen molar-refractivity contribution in [1.82, 2.24) is 35.9 Å². The van der Waals surface area contributed by atoms with E-state index in [0.29, 0.717) is 36.2 Å². The number of aryl methyl sites for hydroxylation is 1. The Kier molecular flexibility index (Phi) is 7.39. The fourth-order valence-corrected chi connectivity index (χ4v) is 4.74. The molecule has 3 aromatic rings. The zero-order valence-electron chi connectivity index (χ0n) is 21.6. The molecule has 12 heteroatoms. The van der Waals surface area contributed by atoms with Gasteiger partial charge in [0, 0.05) is 12.2 Å². The van der Waals surface area contributed by atoms with Crippen LogP contribution in [0.3, 0.4) is 0 Å². The number of hydrazine groups is 1. The summed E-state index contributed by atoms with van der Waals surface area (Å²) in [6.45, 7) is 5.87. The summed E-state index contributed by atoms with van der Waals surface area (Å²) in [7, 11) is 0. The number of aliphatic hydroxyl groups is 1. The van der Waals surface area contributed by atoms with E-state index in [9.17, 15) is 14.3 Å². The third kappa shape index (κ3) is 5.83. The fourth-order valence-electron chi connectivity index (χ4n) is 4.74. The second kappa shape index (κ2) is 10.7. The number of rotatable bonds is 7. The van der Waals surface area contributed by atoms with E-state index in [1.165, 1.54) is 10.9 Å². The zero-order valence-corrected chi connectivity index (χ0v) is 21.6. The molecule has 5 N–H and O–H groups in total. The smallest absolute Gasteiger partial charge is 0.249 e. The summed E-state index contributed by atoms with van der Waals surface area (Å²) in [5.74, 6) is 0.443. The Hall–Kier alpha value is -3.45. The van der Waals surface area contributed by atoms with E-state index in [0.717, 1.165) is 23.7 Å². The average molecular weight is 525 g/mol. The molecule has 202 valence electrons. The van der Waals surface area contributed by atoms with Gasteiger partial charge in [-0.2, -0.15) is 5.10 Å². The van der Waals surface area contributed by atoms with Gasteiger partial charge in [-0.3, -0.25) is 10.2 Å². The van der Waals surface area contributed by atoms with Gasteiger partial charge in [0.2, 0.25) is 5.91 Å². The molecule has 2 fully saturated rings. The minimum atomic E-state index is -1.29. The largest absolute Gasteiger partial charge is 0.381 e. The van der Waals surface area contributed by atoms with E-state index in [1.807, 2.05) is 26.0 Å². The number of hydrogen-bond acceptors (Lipinski definition) is 9. The number of carbonyl (C=O) groups is 1. The predicted molar refractivity (Wildman–Crippen MR) is 137 cm³/mol. The van der Waals surface area contributed by atoms with Crippen LogP contribution in [0.25, 0.3) is 5.82 Å². The summed E-state index contributed by atoms with van der Waals surface area (Å²) < 4.78 is 20.4. The lowest BCUT2D eigenvalue weighted by molar-refractivity contribution is -0.155. The number of aromatic nitrogens is 4. The summed E-state index contributed by atoms with van der Waals surface area (Å²) in [5, 5.41) is 21.6. The van der Waals surface area contributed by atoms with E-state index in [1.54, 1.807) is 18.3 Å². The van der Waals surface area contributed by atoms with E-state index in [4.69, 9.17) is 4.74 Å². The van der Waals surface area contributed by atoms with Crippen LogP contribution in [-0.4, -0.2) is 55.7 Å². The van der Waals surface area contributed by atoms with Gasteiger partial charge < -0.3 is 20.5 Å². The molecule has 2 aliphatic heterocycles. The van der Waals surface area contributed by atoms with Crippen molar-refractivity contribution in [3.63, 3.8) is 0 Å². The van der Waals surface area contributed by atoms with Gasteiger partial charge in [0.1, 0.15) is 17.5 Å². The van der Waals surface area contributed by atoms with Gasteiger partial charge in [-0.1, -0.05) is 6.07 Å². The molecular weight excluding hydrogens is 491 g/mol. The van der Waals surface area contributed by atoms with Crippen molar-refractivity contribution >= 4 is 11.7 Å². The van der Waals surface area contributed by atoms with Crippen molar-refractivity contribution in [3.8, 4) is 5.82 Å². The highest BCUT2D eigenvalue weighted by molar-refractivity contribution is 5.81. The Morgan fingerprint density at radius 3 is 2.79 bits per heavy atom. The van der Waals surface area contributed by atoms with Crippen LogP contribution in [0.2, 0.25) is 0 Å². The Balaban J connectivity index is 1.17. The van der Waals surface area contributed by atoms with Crippen LogP contribution in [0.15, 0.2) is 42.9 Å². The van der Waals surface area contributed by atoms with Gasteiger partial charge in [0.15, 0.2) is 11.6 Å². The van der Waals surface area contributed by atoms with Gasteiger partial charge in [0.05, 0.1) is 36.9 Å². The van der Waals surface area contributed by atoms with E-state index in [-0.39, 0.29) is 24.7 Å². The summed E-state index contributed by atoms with van der Waals surface area (Å²) in [5.41, 5.74) is 7.35. The summed E-state index contributed by atoms with van der Waals surface area (Å²) in [6, 6.07) is 7.33. The van der Waals surface area contributed by atoms with Crippen LogP contribution in [0.4, 0.5) is 10.2 Å². The molecule has 3 aromatic heterocycles. The van der Waals surface area contributed by atoms with E-state index >= 15 is 0 Å². The number of ether oxygens (including phenoxy) is 1. The molecule has 38 heavy (non-hydrogen) atoms. The molecule has 11 nitrogen and oxygen atoms in total. The number of nitrogens with zero attached hydrogens (tertiary/aromatic N) is 4. The topological polar surface area (TPSA) is 138 Å². The minimum absolute atomic E-state index is 0.0354. The molecule has 0 aromatic carbocycles. The standard InChI is InChI=1S/C26H33FN8O3/c1-15-8-21(31-22(9-15)32-23-10-16(2)33-34-23)26(37)7-6-20(38-14-26)25(36)30-17(3)18-4-5-24(28-11-18)35-13-19(27)12-29-35/h4-5,8-9,11-13,16-17,20,23,33-34,37H,6-7,10,14H2,1-3H3,(H,30,36)(H,31,32)/t16?,17-,20-,23?,26-/m0/s1. The van der Waals surface area contributed by atoms with Crippen LogP contribution in [-0.2, 0) is 15.1 Å². The van der Waals surface area contributed by atoms with Gasteiger partial charge in [-0.05, 0) is 69.4 Å². The lowest BCUT2D eigenvalue weighted by atomic mass is 9.89. The molecule has 0 spiro atoms. The fraction of sp³-hybridized carbons (Fsp3) is 0.462. The summed E-state index contributed by atoms with van der Waals surface area (Å²) >= 11 is 0. The molecule has 2 saturated heterocycles. The first kappa shape index (κ1) is 26.2. The molecule has 5 rings (SSSR count). The van der Waals surface area contributed by atoms with Gasteiger partial charge in [-0.15, -0.1) is 0 Å². The SMILES string of the molecule is Cc1cc(NC2CC(C)NN2)nc([C@]2(O)CC[C@@H](C(=O)N[C@@H](C)c3ccc(-n4cc(F)cn4)nc3)OC2)c1. The number of hydrogen-bond donors (Lipinski definition) is 5. The van der Waals surface area contributed by atoms with Crippen molar-refractivity contribution in [2.45, 2.75) is 70.0 Å². The Bertz CT molecular complexity index is 1280. The minimum Gasteiger partial charge on any atom is -0.381 e. The maximum Gasteiger partial charge on any atom is 0.249 e. The van der Waals surface area contributed by atoms with Crippen molar-refractivity contribution in [3.05, 3.63) is 65.5 Å². The summed E-state index contributed by atoms with van der Waals surface area (Å²) in [6.07, 6.45) is 4.91. The number of carbonyl (C=O) groups excluding carboxylic acids is 1. The maximum absolute atomic E-state index is 13.2. The van der Waals surface area contributed by atoms with Crippen LogP contribution >= 0.6 is 0 Å². The predicted octanol–water partition coefficient (Wildman–Crippen LogP) is 1.98. The molecule has 0 aliphatic carbocycles. The normalized spacial score (nSPS) is 26.2. The lowest BCUT2D eigenvalue weighted by Crippen LogP contribution is -2.46. The molecule has 1 amide bonds. The second-order valence-electron chi connectivity index (χ2n) is 10.2. The molecule has 5 atom stereocenters. The molecule has 2 unspecified atom stereocenters. The highest BCUT2D eigenvalue weighted by Gasteiger charge is 2.40. The van der Waals surface area contributed by atoms with E-state index in [2.05, 4.69) is 43.5 Å². The highest BCUT2D eigenvalue weighted by Crippen LogP contribution is 2.33. The van der Waals surface area contributed by atoms with Crippen molar-refractivity contribution < 1.29 is 19.0 Å². The Morgan fingerprint density at radius 2 is 2.16 bits per heavy atom. The Morgan fingerprint density at radius 1 is 1.32 bits per heavy atom. The van der Waals surface area contributed by atoms with Crippen LogP contribution in [0.5, 0.6) is 0 Å². The van der Waals surface area contributed by atoms with Crippen molar-refractivity contribution in [1.29, 1.82) is 0 Å². The summed E-state index contributed by atoms with van der Waals surface area (Å²) in [4.78, 5) is 21.9. The lowest BCUT2D eigenvalue weighted by Gasteiger charge is -2.35. The van der Waals surface area contributed by atoms with Crippen molar-refractivity contribution in [2.75, 3.05) is 11.9 Å². The van der Waals surface area contributed by atoms with Crippen LogP contribution in [0, 0.1) is 12.7 Å². The highest BCUT2D eigenvalue weighted by atomic mass is 19.1.